The van der Waals surface area contributed by atoms with Gasteiger partial charge in [-0.2, -0.15) is 21.6 Å². The number of alkyl halides is 3. The Balaban J connectivity index is 1.63. The van der Waals surface area contributed by atoms with Gasteiger partial charge in [-0.1, -0.05) is 19.1 Å². The second kappa shape index (κ2) is 11.0. The highest BCUT2D eigenvalue weighted by molar-refractivity contribution is 7.87. The first-order chi connectivity index (χ1) is 18.4. The van der Waals surface area contributed by atoms with Crippen LogP contribution in [0.1, 0.15) is 41.8 Å². The van der Waals surface area contributed by atoms with E-state index < -0.39 is 26.8 Å². The molecule has 0 aliphatic carbocycles. The molecule has 3 aromatic carbocycles. The number of methoxy groups -OCH3 is 1. The van der Waals surface area contributed by atoms with Gasteiger partial charge >= 0.3 is 16.3 Å². The van der Waals surface area contributed by atoms with Gasteiger partial charge in [-0.25, -0.2) is 0 Å². The summed E-state index contributed by atoms with van der Waals surface area (Å²) in [6, 6.07) is 12.4. The molecule has 12 heteroatoms. The summed E-state index contributed by atoms with van der Waals surface area (Å²) in [6.07, 6.45) is -4.09. The van der Waals surface area contributed by atoms with Crippen LogP contribution in [0.5, 0.6) is 23.0 Å². The topological polar surface area (TPSA) is 91.4 Å². The average Bonchev–Trinajstić information content (AvgIpc) is 3.38. The molecule has 1 atom stereocenters. The van der Waals surface area contributed by atoms with Gasteiger partial charge in [-0.05, 0) is 67.4 Å². The van der Waals surface area contributed by atoms with Gasteiger partial charge in [-0.3, -0.25) is 4.79 Å². The van der Waals surface area contributed by atoms with Crippen molar-refractivity contribution >= 4 is 16.0 Å². The molecule has 208 valence electrons. The number of fused-ring (bicyclic) bond motifs is 1. The van der Waals surface area contributed by atoms with Gasteiger partial charge in [0, 0.05) is 18.2 Å². The highest BCUT2D eigenvalue weighted by Gasteiger charge is 2.32. The highest BCUT2D eigenvalue weighted by Crippen LogP contribution is 2.35. The van der Waals surface area contributed by atoms with Crippen LogP contribution in [0.3, 0.4) is 0 Å². The minimum absolute atomic E-state index is 0.0477. The molecule has 0 bridgehead atoms. The van der Waals surface area contributed by atoms with E-state index in [2.05, 4.69) is 0 Å². The zero-order chi connectivity index (χ0) is 28.4. The molecule has 0 N–H and O–H groups in total. The van der Waals surface area contributed by atoms with Crippen molar-refractivity contribution in [3.63, 3.8) is 0 Å². The smallest absolute Gasteiger partial charge is 0.416 e. The molecular formula is C27H26F3NO7S. The van der Waals surface area contributed by atoms with Crippen molar-refractivity contribution in [2.24, 2.45) is 0 Å². The zero-order valence-electron chi connectivity index (χ0n) is 21.3. The Labute approximate surface area is 224 Å². The predicted octanol–water partition coefficient (Wildman–Crippen LogP) is 5.65. The Hall–Kier alpha value is -3.93. The summed E-state index contributed by atoms with van der Waals surface area (Å²) in [6.45, 7) is 3.96. The SMILES string of the molecule is CCC(C)N(Cc1ccc(OC)c(OS(=O)(=O)c2cccc(C(F)(F)F)c2)c1)C(=O)c1ccc2c(c1)OCO2. The number of hydrogen-bond donors (Lipinski definition) is 0. The molecule has 4 rings (SSSR count). The zero-order valence-corrected chi connectivity index (χ0v) is 22.1. The highest BCUT2D eigenvalue weighted by atomic mass is 32.2. The molecule has 1 amide bonds. The summed E-state index contributed by atoms with van der Waals surface area (Å²) in [7, 11) is -3.35. The van der Waals surface area contributed by atoms with Crippen molar-refractivity contribution in [3.8, 4) is 23.0 Å². The minimum Gasteiger partial charge on any atom is -0.493 e. The van der Waals surface area contributed by atoms with Crippen LogP contribution in [-0.2, 0) is 22.8 Å². The lowest BCUT2D eigenvalue weighted by Gasteiger charge is -2.29. The molecule has 1 aliphatic heterocycles. The van der Waals surface area contributed by atoms with E-state index in [0.717, 1.165) is 18.2 Å². The van der Waals surface area contributed by atoms with Crippen molar-refractivity contribution in [1.29, 1.82) is 0 Å². The molecule has 3 aromatic rings. The van der Waals surface area contributed by atoms with Crippen molar-refractivity contribution in [2.45, 2.75) is 43.9 Å². The van der Waals surface area contributed by atoms with Crippen molar-refractivity contribution in [2.75, 3.05) is 13.9 Å². The standard InChI is InChI=1S/C27H26F3NO7S/c1-4-17(2)31(26(32)19-9-11-23-24(13-19)37-16-36-23)15-18-8-10-22(35-3)25(12-18)38-39(33,34)21-7-5-6-20(14-21)27(28,29)30/h5-14,17H,4,15-16H2,1-3H3. The van der Waals surface area contributed by atoms with Crippen LogP contribution in [0.15, 0.2) is 65.6 Å². The Morgan fingerprint density at radius 3 is 2.46 bits per heavy atom. The largest absolute Gasteiger partial charge is 0.493 e. The number of halogens is 3. The van der Waals surface area contributed by atoms with E-state index in [1.54, 1.807) is 29.2 Å². The first kappa shape index (κ1) is 28.1. The summed E-state index contributed by atoms with van der Waals surface area (Å²) in [5, 5.41) is 0. The van der Waals surface area contributed by atoms with E-state index in [4.69, 9.17) is 18.4 Å². The summed E-state index contributed by atoms with van der Waals surface area (Å²) in [5.74, 6) is 0.543. The molecule has 0 fully saturated rings. The van der Waals surface area contributed by atoms with Gasteiger partial charge in [0.15, 0.2) is 23.0 Å². The second-order valence-corrected chi connectivity index (χ2v) is 10.4. The van der Waals surface area contributed by atoms with Crippen LogP contribution in [0.2, 0.25) is 0 Å². The van der Waals surface area contributed by atoms with Crippen LogP contribution in [0.4, 0.5) is 13.2 Å². The van der Waals surface area contributed by atoms with Gasteiger partial charge in [0.05, 0.1) is 12.7 Å². The van der Waals surface area contributed by atoms with E-state index in [1.807, 2.05) is 13.8 Å². The number of benzene rings is 3. The lowest BCUT2D eigenvalue weighted by Crippen LogP contribution is -2.37. The second-order valence-electron chi connectivity index (χ2n) is 8.81. The summed E-state index contributed by atoms with van der Waals surface area (Å²) in [4.78, 5) is 14.4. The van der Waals surface area contributed by atoms with E-state index >= 15 is 0 Å². The number of ether oxygens (including phenoxy) is 3. The number of hydrogen-bond acceptors (Lipinski definition) is 7. The van der Waals surface area contributed by atoms with Gasteiger partial charge in [-0.15, -0.1) is 0 Å². The molecule has 0 spiro atoms. The van der Waals surface area contributed by atoms with E-state index in [-0.39, 0.29) is 36.8 Å². The molecule has 1 unspecified atom stereocenters. The third-order valence-electron chi connectivity index (χ3n) is 6.23. The lowest BCUT2D eigenvalue weighted by atomic mass is 10.1. The Morgan fingerprint density at radius 1 is 1.03 bits per heavy atom. The van der Waals surface area contributed by atoms with Crippen molar-refractivity contribution in [1.82, 2.24) is 4.90 Å². The number of amides is 1. The fourth-order valence-corrected chi connectivity index (χ4v) is 4.90. The third kappa shape index (κ3) is 6.22. The van der Waals surface area contributed by atoms with Crippen LogP contribution < -0.4 is 18.4 Å². The Bertz CT molecular complexity index is 1470. The van der Waals surface area contributed by atoms with Crippen LogP contribution in [0.25, 0.3) is 0 Å². The maximum absolute atomic E-state index is 13.5. The van der Waals surface area contributed by atoms with Crippen LogP contribution >= 0.6 is 0 Å². The maximum Gasteiger partial charge on any atom is 0.416 e. The fourth-order valence-electron chi connectivity index (χ4n) is 3.92. The quantitative estimate of drug-likeness (QED) is 0.310. The molecule has 0 saturated carbocycles. The van der Waals surface area contributed by atoms with E-state index in [1.165, 1.54) is 19.2 Å². The molecule has 0 saturated heterocycles. The lowest BCUT2D eigenvalue weighted by molar-refractivity contribution is -0.137. The maximum atomic E-state index is 13.5. The Morgan fingerprint density at radius 2 is 1.77 bits per heavy atom. The van der Waals surface area contributed by atoms with Gasteiger partial charge in [0.25, 0.3) is 5.91 Å². The number of rotatable bonds is 9. The monoisotopic (exact) mass is 565 g/mol. The summed E-state index contributed by atoms with van der Waals surface area (Å²) < 4.78 is 86.3. The molecule has 39 heavy (non-hydrogen) atoms. The molecule has 8 nitrogen and oxygen atoms in total. The normalized spacial score (nSPS) is 13.6. The predicted molar refractivity (Wildman–Crippen MR) is 134 cm³/mol. The molecular weight excluding hydrogens is 539 g/mol. The average molecular weight is 566 g/mol. The summed E-state index contributed by atoms with van der Waals surface area (Å²) in [5.41, 5.74) is -0.227. The van der Waals surface area contributed by atoms with E-state index in [9.17, 15) is 26.4 Å². The van der Waals surface area contributed by atoms with Crippen molar-refractivity contribution in [3.05, 3.63) is 77.4 Å². The van der Waals surface area contributed by atoms with Crippen LogP contribution in [0, 0.1) is 0 Å². The summed E-state index contributed by atoms with van der Waals surface area (Å²) >= 11 is 0. The third-order valence-corrected chi connectivity index (χ3v) is 7.46. The Kier molecular flexibility index (Phi) is 7.96. The number of carbonyl (C=O) groups is 1. The van der Waals surface area contributed by atoms with Gasteiger partial charge in [0.2, 0.25) is 6.79 Å². The van der Waals surface area contributed by atoms with E-state index in [0.29, 0.717) is 35.1 Å². The number of carbonyl (C=O) groups excluding carboxylic acids is 1. The molecule has 0 aromatic heterocycles. The molecule has 1 heterocycles. The fraction of sp³-hybridized carbons (Fsp3) is 0.296. The molecule has 0 radical (unpaired) electrons. The van der Waals surface area contributed by atoms with Crippen molar-refractivity contribution < 1.29 is 44.8 Å². The minimum atomic E-state index is -4.73. The van der Waals surface area contributed by atoms with Gasteiger partial charge < -0.3 is 23.3 Å². The molecule has 1 aliphatic rings. The van der Waals surface area contributed by atoms with Gasteiger partial charge in [0.1, 0.15) is 4.90 Å². The first-order valence-corrected chi connectivity index (χ1v) is 13.3. The number of nitrogens with zero attached hydrogens (tertiary/aromatic N) is 1. The van der Waals surface area contributed by atoms with Crippen LogP contribution in [-0.4, -0.2) is 39.2 Å². The first-order valence-electron chi connectivity index (χ1n) is 11.9.